The number of carbonyl (C=O) groups excluding carboxylic acids is 2. The van der Waals surface area contributed by atoms with Crippen molar-refractivity contribution in [3.63, 3.8) is 0 Å². The minimum atomic E-state index is -0.543. The van der Waals surface area contributed by atoms with E-state index in [0.717, 1.165) is 11.4 Å². The molecule has 2 aromatic carbocycles. The van der Waals surface area contributed by atoms with Crippen molar-refractivity contribution in [3.05, 3.63) is 66.0 Å². The lowest BCUT2D eigenvalue weighted by molar-refractivity contribution is 0.0203. The molecule has 3 heterocycles. The summed E-state index contributed by atoms with van der Waals surface area (Å²) in [6.45, 7) is 7.66. The Labute approximate surface area is 216 Å². The maximum Gasteiger partial charge on any atom is 0.410 e. The van der Waals surface area contributed by atoms with Gasteiger partial charge in [0.15, 0.2) is 11.5 Å². The molecule has 0 atom stereocenters. The topological polar surface area (TPSA) is 94.9 Å². The Morgan fingerprint density at radius 3 is 2.41 bits per heavy atom. The van der Waals surface area contributed by atoms with E-state index in [1.54, 1.807) is 29.3 Å². The fourth-order valence-electron chi connectivity index (χ4n) is 4.68. The molecule has 1 saturated heterocycles. The van der Waals surface area contributed by atoms with E-state index in [2.05, 4.69) is 10.4 Å². The maximum atomic E-state index is 13.5. The Bertz CT molecular complexity index is 1270. The Kier molecular flexibility index (Phi) is 6.78. The summed E-state index contributed by atoms with van der Waals surface area (Å²) in [5.74, 6) is 1.07. The third kappa shape index (κ3) is 5.55. The number of para-hydroxylation sites is 1. The van der Waals surface area contributed by atoms with Crippen LogP contribution in [0.5, 0.6) is 11.5 Å². The highest BCUT2D eigenvalue weighted by Crippen LogP contribution is 2.35. The highest BCUT2D eigenvalue weighted by Gasteiger charge is 2.32. The van der Waals surface area contributed by atoms with E-state index in [1.165, 1.54) is 0 Å². The van der Waals surface area contributed by atoms with Crippen LogP contribution in [0.4, 0.5) is 10.5 Å². The van der Waals surface area contributed by atoms with Crippen molar-refractivity contribution in [2.45, 2.75) is 45.1 Å². The average Bonchev–Trinajstić information content (AvgIpc) is 3.34. The van der Waals surface area contributed by atoms with Gasteiger partial charge in [0, 0.05) is 30.8 Å². The van der Waals surface area contributed by atoms with Gasteiger partial charge in [-0.05, 0) is 57.9 Å². The van der Waals surface area contributed by atoms with Gasteiger partial charge in [0.25, 0.3) is 5.91 Å². The molecule has 2 aliphatic rings. The van der Waals surface area contributed by atoms with Gasteiger partial charge in [-0.1, -0.05) is 18.2 Å². The van der Waals surface area contributed by atoms with Gasteiger partial charge >= 0.3 is 6.09 Å². The number of nitrogens with one attached hydrogen (secondary N) is 1. The van der Waals surface area contributed by atoms with Crippen LogP contribution in [0.15, 0.2) is 54.7 Å². The first-order valence-corrected chi connectivity index (χ1v) is 12.6. The summed E-state index contributed by atoms with van der Waals surface area (Å²) in [6.07, 6.45) is 2.71. The van der Waals surface area contributed by atoms with Crippen LogP contribution >= 0.6 is 0 Å². The molecule has 1 fully saturated rings. The summed E-state index contributed by atoms with van der Waals surface area (Å²) in [5, 5.41) is 7.60. The maximum absolute atomic E-state index is 13.5. The molecule has 0 bridgehead atoms. The first-order chi connectivity index (χ1) is 17.8. The fraction of sp³-hybridized carbons (Fsp3) is 0.393. The predicted molar refractivity (Wildman–Crippen MR) is 139 cm³/mol. The summed E-state index contributed by atoms with van der Waals surface area (Å²) in [5.41, 5.74) is 2.30. The number of ether oxygens (including phenoxy) is 3. The molecule has 9 nitrogen and oxygen atoms in total. The van der Waals surface area contributed by atoms with Crippen molar-refractivity contribution in [3.8, 4) is 17.2 Å². The van der Waals surface area contributed by atoms with Crippen molar-refractivity contribution in [2.24, 2.45) is 0 Å². The van der Waals surface area contributed by atoms with Crippen molar-refractivity contribution in [1.29, 1.82) is 0 Å². The van der Waals surface area contributed by atoms with Gasteiger partial charge in [-0.2, -0.15) is 5.10 Å². The molecule has 37 heavy (non-hydrogen) atoms. The third-order valence-electron chi connectivity index (χ3n) is 6.39. The minimum absolute atomic E-state index is 0.0439. The van der Waals surface area contributed by atoms with Crippen molar-refractivity contribution < 1.29 is 23.8 Å². The number of fused-ring (bicyclic) bond motifs is 1. The second-order valence-corrected chi connectivity index (χ2v) is 10.2. The van der Waals surface area contributed by atoms with Crippen LogP contribution in [-0.2, 0) is 4.74 Å². The van der Waals surface area contributed by atoms with Crippen LogP contribution in [0.1, 0.15) is 55.6 Å². The molecular weight excluding hydrogens is 472 g/mol. The van der Waals surface area contributed by atoms with E-state index in [1.807, 2.05) is 55.8 Å². The number of amides is 2. The number of nitrogens with zero attached hydrogens (tertiary/aromatic N) is 3. The van der Waals surface area contributed by atoms with E-state index in [9.17, 15) is 9.59 Å². The van der Waals surface area contributed by atoms with Crippen LogP contribution in [0, 0.1) is 0 Å². The van der Waals surface area contributed by atoms with Gasteiger partial charge in [0.05, 0.1) is 23.1 Å². The van der Waals surface area contributed by atoms with Gasteiger partial charge in [-0.25, -0.2) is 9.48 Å². The average molecular weight is 505 g/mol. The van der Waals surface area contributed by atoms with E-state index in [4.69, 9.17) is 14.2 Å². The zero-order chi connectivity index (χ0) is 26.0. The minimum Gasteiger partial charge on any atom is -0.486 e. The van der Waals surface area contributed by atoms with Crippen LogP contribution in [-0.4, -0.2) is 58.6 Å². The Hall–Kier alpha value is -4.01. The number of hydrogen-bond donors (Lipinski definition) is 1. The summed E-state index contributed by atoms with van der Waals surface area (Å²) >= 11 is 0. The lowest BCUT2D eigenvalue weighted by Gasteiger charge is -2.34. The molecule has 3 aromatic rings. The fourth-order valence-corrected chi connectivity index (χ4v) is 4.68. The molecular formula is C28H32N4O5. The second kappa shape index (κ2) is 10.2. The highest BCUT2D eigenvalue weighted by molar-refractivity contribution is 6.05. The first kappa shape index (κ1) is 24.7. The van der Waals surface area contributed by atoms with Crippen LogP contribution in [0.25, 0.3) is 5.69 Å². The molecule has 1 N–H and O–H groups in total. The smallest absolute Gasteiger partial charge is 0.410 e. The summed E-state index contributed by atoms with van der Waals surface area (Å²) in [4.78, 5) is 27.8. The number of aromatic nitrogens is 2. The third-order valence-corrected chi connectivity index (χ3v) is 6.39. The summed E-state index contributed by atoms with van der Waals surface area (Å²) in [6, 6.07) is 15.1. The molecule has 5 rings (SSSR count). The lowest BCUT2D eigenvalue weighted by Crippen LogP contribution is -2.41. The van der Waals surface area contributed by atoms with Crippen LogP contribution in [0.3, 0.4) is 0 Å². The van der Waals surface area contributed by atoms with Crippen LogP contribution in [0.2, 0.25) is 0 Å². The standard InChI is InChI=1S/C28H32N4O5/c1-28(2,3)37-27(34)31-13-11-19(12-14-31)25-22(18-29-32(25)21-7-5-4-6-8-21)26(33)30-20-9-10-23-24(17-20)36-16-15-35-23/h4-10,17-19H,11-16H2,1-3H3,(H,30,33). The van der Waals surface area contributed by atoms with E-state index < -0.39 is 5.60 Å². The Morgan fingerprint density at radius 2 is 1.70 bits per heavy atom. The van der Waals surface area contributed by atoms with Gasteiger partial charge < -0.3 is 24.4 Å². The predicted octanol–water partition coefficient (Wildman–Crippen LogP) is 5.01. The zero-order valence-corrected chi connectivity index (χ0v) is 21.4. The quantitative estimate of drug-likeness (QED) is 0.537. The van der Waals surface area contributed by atoms with Gasteiger partial charge in [0.1, 0.15) is 18.8 Å². The number of hydrogen-bond acceptors (Lipinski definition) is 6. The SMILES string of the molecule is CC(C)(C)OC(=O)N1CCC(c2c(C(=O)Nc3ccc4c(c3)OCCO4)cnn2-c2ccccc2)CC1. The van der Waals surface area contributed by atoms with Gasteiger partial charge in [0.2, 0.25) is 0 Å². The largest absolute Gasteiger partial charge is 0.486 e. The summed E-state index contributed by atoms with van der Waals surface area (Å²) < 4.78 is 18.6. The molecule has 0 saturated carbocycles. The van der Waals surface area contributed by atoms with Gasteiger partial charge in [-0.15, -0.1) is 0 Å². The molecule has 2 amide bonds. The number of benzene rings is 2. The molecule has 2 aliphatic heterocycles. The summed E-state index contributed by atoms with van der Waals surface area (Å²) in [7, 11) is 0. The zero-order valence-electron chi connectivity index (χ0n) is 21.4. The number of anilines is 1. The number of rotatable bonds is 4. The highest BCUT2D eigenvalue weighted by atomic mass is 16.6. The molecule has 0 spiro atoms. The monoisotopic (exact) mass is 504 g/mol. The Balaban J connectivity index is 1.39. The molecule has 0 aliphatic carbocycles. The van der Waals surface area contributed by atoms with Crippen molar-refractivity contribution in [2.75, 3.05) is 31.6 Å². The number of likely N-dealkylation sites (tertiary alicyclic amines) is 1. The molecule has 9 heteroatoms. The molecule has 0 unspecified atom stereocenters. The van der Waals surface area contributed by atoms with Crippen LogP contribution < -0.4 is 14.8 Å². The van der Waals surface area contributed by atoms with Crippen molar-refractivity contribution in [1.82, 2.24) is 14.7 Å². The second-order valence-electron chi connectivity index (χ2n) is 10.2. The molecule has 0 radical (unpaired) electrons. The Morgan fingerprint density at radius 1 is 1.00 bits per heavy atom. The van der Waals surface area contributed by atoms with Crippen molar-refractivity contribution >= 4 is 17.7 Å². The molecule has 1 aromatic heterocycles. The van der Waals surface area contributed by atoms with Gasteiger partial charge in [-0.3, -0.25) is 4.79 Å². The molecule has 194 valence electrons. The number of carbonyl (C=O) groups is 2. The van der Waals surface area contributed by atoms with E-state index in [-0.39, 0.29) is 17.9 Å². The first-order valence-electron chi connectivity index (χ1n) is 12.6. The van der Waals surface area contributed by atoms with E-state index >= 15 is 0 Å². The number of piperidine rings is 1. The lowest BCUT2D eigenvalue weighted by atomic mass is 9.90. The normalized spacial score (nSPS) is 15.8. The van der Waals surface area contributed by atoms with E-state index in [0.29, 0.717) is 61.9 Å².